The molecular weight excluding hydrogens is 665 g/mol. The Balaban J connectivity index is 1.07. The number of fused-ring (bicyclic) bond motifs is 5. The Labute approximate surface area is 322 Å². The van der Waals surface area contributed by atoms with Crippen molar-refractivity contribution in [2.45, 2.75) is 6.42 Å². The Bertz CT molecular complexity index is 2760. The number of nitrogens with zero attached hydrogens (tertiary/aromatic N) is 2. The van der Waals surface area contributed by atoms with Gasteiger partial charge >= 0.3 is 0 Å². The van der Waals surface area contributed by atoms with Crippen LogP contribution in [0, 0.1) is 0 Å². The highest BCUT2D eigenvalue weighted by molar-refractivity contribution is 6.13. The molecule has 1 aliphatic rings. The van der Waals surface area contributed by atoms with Gasteiger partial charge < -0.3 is 9.47 Å². The molecular formula is C53H38N2. The van der Waals surface area contributed by atoms with Crippen LogP contribution in [0.5, 0.6) is 0 Å². The van der Waals surface area contributed by atoms with E-state index in [0.29, 0.717) is 0 Å². The molecule has 0 fully saturated rings. The first-order chi connectivity index (χ1) is 27.3. The van der Waals surface area contributed by atoms with E-state index in [1.54, 1.807) is 0 Å². The van der Waals surface area contributed by atoms with Crippen LogP contribution in [0.15, 0.2) is 212 Å². The summed E-state index contributed by atoms with van der Waals surface area (Å²) >= 11 is 0. The van der Waals surface area contributed by atoms with Crippen molar-refractivity contribution >= 4 is 44.9 Å². The number of para-hydroxylation sites is 2. The number of hydrogen-bond acceptors (Lipinski definition) is 1. The van der Waals surface area contributed by atoms with Gasteiger partial charge in [0.15, 0.2) is 0 Å². The van der Waals surface area contributed by atoms with Crippen LogP contribution in [-0.2, 0) is 6.42 Å². The fraction of sp³-hybridized carbons (Fsp3) is 0.0189. The molecule has 0 bridgehead atoms. The number of rotatable bonds is 7. The average Bonchev–Trinajstić information content (AvgIpc) is 3.40. The molecule has 0 atom stereocenters. The molecule has 55 heavy (non-hydrogen) atoms. The molecule has 0 radical (unpaired) electrons. The number of allylic oxidation sites excluding steroid dienone is 3. The lowest BCUT2D eigenvalue weighted by Gasteiger charge is -2.26. The molecule has 1 aliphatic carbocycles. The van der Waals surface area contributed by atoms with Crippen molar-refractivity contribution < 1.29 is 0 Å². The summed E-state index contributed by atoms with van der Waals surface area (Å²) < 4.78 is 2.45. The molecule has 260 valence electrons. The van der Waals surface area contributed by atoms with Gasteiger partial charge in [0.05, 0.1) is 16.7 Å². The summed E-state index contributed by atoms with van der Waals surface area (Å²) in [6.45, 7) is 0. The second-order valence-electron chi connectivity index (χ2n) is 14.1. The number of hydrogen-bond donors (Lipinski definition) is 0. The van der Waals surface area contributed by atoms with Crippen LogP contribution in [0.2, 0.25) is 0 Å². The molecule has 10 rings (SSSR count). The number of aromatic nitrogens is 1. The Hall–Kier alpha value is -7.16. The lowest BCUT2D eigenvalue weighted by Crippen LogP contribution is -2.09. The van der Waals surface area contributed by atoms with Gasteiger partial charge in [0.1, 0.15) is 0 Å². The van der Waals surface area contributed by atoms with Gasteiger partial charge in [-0.05, 0) is 100.0 Å². The van der Waals surface area contributed by atoms with Crippen LogP contribution in [-0.4, -0.2) is 4.57 Å². The third-order valence-electron chi connectivity index (χ3n) is 10.9. The average molecular weight is 703 g/mol. The Morgan fingerprint density at radius 3 is 1.56 bits per heavy atom. The standard InChI is InChI=1S/C53H38N2/c1-4-14-38(15-5-1)40-24-31-44(32-25-40)54(45-33-26-41(27-34-45)39-16-6-2-7-17-39)46-35-28-43(29-36-46)47-19-10-12-22-50(47)55-51-23-13-11-21-49(51)53-48-20-9-3-8-18-42(48)30-37-52(53)55/h1-17,19-37H,18H2. The van der Waals surface area contributed by atoms with E-state index in [1.807, 2.05) is 0 Å². The second-order valence-corrected chi connectivity index (χ2v) is 14.1. The van der Waals surface area contributed by atoms with Crippen molar-refractivity contribution in [2.24, 2.45) is 0 Å². The summed E-state index contributed by atoms with van der Waals surface area (Å²) in [5.74, 6) is 0. The van der Waals surface area contributed by atoms with Crippen molar-refractivity contribution in [3.05, 3.63) is 223 Å². The Morgan fingerprint density at radius 2 is 0.927 bits per heavy atom. The van der Waals surface area contributed by atoms with Crippen molar-refractivity contribution in [3.8, 4) is 39.1 Å². The maximum atomic E-state index is 2.45. The maximum Gasteiger partial charge on any atom is 0.0547 e. The van der Waals surface area contributed by atoms with E-state index in [9.17, 15) is 0 Å². The zero-order valence-corrected chi connectivity index (χ0v) is 30.4. The molecule has 1 heterocycles. The van der Waals surface area contributed by atoms with Gasteiger partial charge in [-0.25, -0.2) is 0 Å². The normalized spacial score (nSPS) is 12.1. The SMILES string of the molecule is C1=CCc2ccc3c(c2C=C1)c1ccccc1n3-c1ccccc1-c1ccc(N(c2ccc(-c3ccccc3)cc2)c2ccc(-c3ccccc3)cc2)cc1. The van der Waals surface area contributed by atoms with E-state index in [1.165, 1.54) is 72.0 Å². The zero-order chi connectivity index (χ0) is 36.6. The summed E-state index contributed by atoms with van der Waals surface area (Å²) in [6.07, 6.45) is 9.79. The lowest BCUT2D eigenvalue weighted by atomic mass is 9.99. The first kappa shape index (κ1) is 32.5. The molecule has 9 aromatic rings. The van der Waals surface area contributed by atoms with Gasteiger partial charge in [0.25, 0.3) is 0 Å². The van der Waals surface area contributed by atoms with Gasteiger partial charge in [0, 0.05) is 33.4 Å². The summed E-state index contributed by atoms with van der Waals surface area (Å²) in [5, 5.41) is 2.59. The molecule has 2 nitrogen and oxygen atoms in total. The largest absolute Gasteiger partial charge is 0.311 e. The van der Waals surface area contributed by atoms with E-state index >= 15 is 0 Å². The van der Waals surface area contributed by atoms with E-state index in [-0.39, 0.29) is 0 Å². The fourth-order valence-electron chi connectivity index (χ4n) is 8.20. The van der Waals surface area contributed by atoms with Crippen LogP contribution < -0.4 is 4.90 Å². The highest BCUT2D eigenvalue weighted by Crippen LogP contribution is 2.41. The zero-order valence-electron chi connectivity index (χ0n) is 30.4. The van der Waals surface area contributed by atoms with E-state index in [0.717, 1.165) is 23.5 Å². The van der Waals surface area contributed by atoms with Crippen molar-refractivity contribution in [3.63, 3.8) is 0 Å². The topological polar surface area (TPSA) is 8.17 Å². The molecule has 0 spiro atoms. The number of anilines is 3. The molecule has 8 aromatic carbocycles. The monoisotopic (exact) mass is 702 g/mol. The summed E-state index contributed by atoms with van der Waals surface area (Å²) in [5.41, 5.74) is 16.8. The van der Waals surface area contributed by atoms with Gasteiger partial charge in [0.2, 0.25) is 0 Å². The van der Waals surface area contributed by atoms with Gasteiger partial charge in [-0.1, -0.05) is 164 Å². The van der Waals surface area contributed by atoms with Crippen molar-refractivity contribution in [1.82, 2.24) is 4.57 Å². The third-order valence-corrected chi connectivity index (χ3v) is 10.9. The summed E-state index contributed by atoms with van der Waals surface area (Å²) in [6, 6.07) is 70.2. The first-order valence-corrected chi connectivity index (χ1v) is 19.0. The minimum Gasteiger partial charge on any atom is -0.311 e. The first-order valence-electron chi connectivity index (χ1n) is 19.0. The van der Waals surface area contributed by atoms with Crippen LogP contribution in [0.25, 0.3) is 66.9 Å². The van der Waals surface area contributed by atoms with Crippen LogP contribution in [0.1, 0.15) is 11.1 Å². The molecule has 0 saturated carbocycles. The highest BCUT2D eigenvalue weighted by Gasteiger charge is 2.20. The fourth-order valence-corrected chi connectivity index (χ4v) is 8.20. The van der Waals surface area contributed by atoms with Gasteiger partial charge in [-0.2, -0.15) is 0 Å². The minimum absolute atomic E-state index is 0.937. The quantitative estimate of drug-likeness (QED) is 0.160. The van der Waals surface area contributed by atoms with E-state index in [4.69, 9.17) is 0 Å². The molecule has 0 aliphatic heterocycles. The summed E-state index contributed by atoms with van der Waals surface area (Å²) in [7, 11) is 0. The lowest BCUT2D eigenvalue weighted by molar-refractivity contribution is 1.18. The Kier molecular flexibility index (Phi) is 8.27. The molecule has 0 amide bonds. The number of benzene rings is 8. The van der Waals surface area contributed by atoms with E-state index < -0.39 is 0 Å². The second kappa shape index (κ2) is 14.0. The summed E-state index contributed by atoms with van der Waals surface area (Å²) in [4.78, 5) is 2.35. The molecule has 2 heteroatoms. The molecule has 1 aromatic heterocycles. The molecule has 0 saturated heterocycles. The van der Waals surface area contributed by atoms with Crippen molar-refractivity contribution in [1.29, 1.82) is 0 Å². The third kappa shape index (κ3) is 5.95. The molecule has 0 N–H and O–H groups in total. The van der Waals surface area contributed by atoms with Crippen LogP contribution >= 0.6 is 0 Å². The van der Waals surface area contributed by atoms with Crippen molar-refractivity contribution in [2.75, 3.05) is 4.90 Å². The van der Waals surface area contributed by atoms with Crippen LogP contribution in [0.3, 0.4) is 0 Å². The predicted octanol–water partition coefficient (Wildman–Crippen LogP) is 14.4. The maximum absolute atomic E-state index is 2.45. The van der Waals surface area contributed by atoms with Gasteiger partial charge in [-0.3, -0.25) is 0 Å². The Morgan fingerprint density at radius 1 is 0.400 bits per heavy atom. The van der Waals surface area contributed by atoms with Crippen LogP contribution in [0.4, 0.5) is 17.1 Å². The van der Waals surface area contributed by atoms with Gasteiger partial charge in [-0.15, -0.1) is 0 Å². The van der Waals surface area contributed by atoms with E-state index in [2.05, 4.69) is 228 Å². The predicted molar refractivity (Wildman–Crippen MR) is 234 cm³/mol. The highest BCUT2D eigenvalue weighted by atomic mass is 15.1. The minimum atomic E-state index is 0.937. The molecule has 0 unspecified atom stereocenters. The smallest absolute Gasteiger partial charge is 0.0547 e.